The van der Waals surface area contributed by atoms with Crippen molar-refractivity contribution in [1.82, 2.24) is 4.90 Å². The molecule has 0 fully saturated rings. The number of nitrogens with zero attached hydrogens (tertiary/aromatic N) is 1. The van der Waals surface area contributed by atoms with Gasteiger partial charge in [0.15, 0.2) is 5.12 Å². The molecule has 3 aromatic carbocycles. The first-order chi connectivity index (χ1) is 13.6. The summed E-state index contributed by atoms with van der Waals surface area (Å²) in [5.74, 6) is 0. The van der Waals surface area contributed by atoms with Crippen molar-refractivity contribution in [1.29, 1.82) is 0 Å². The zero-order valence-corrected chi connectivity index (χ0v) is 17.3. The molecular formula is C25H27NOS. The molecule has 2 nitrogen and oxygen atoms in total. The number of hydrogen-bond acceptors (Lipinski definition) is 3. The van der Waals surface area contributed by atoms with Crippen LogP contribution in [0.25, 0.3) is 0 Å². The van der Waals surface area contributed by atoms with Gasteiger partial charge in [-0.2, -0.15) is 0 Å². The number of rotatable bonds is 8. The maximum atomic E-state index is 12.0. The predicted octanol–water partition coefficient (Wildman–Crippen LogP) is 6.10. The summed E-state index contributed by atoms with van der Waals surface area (Å²) >= 11 is 1.43. The van der Waals surface area contributed by atoms with Crippen molar-refractivity contribution in [3.8, 4) is 0 Å². The first-order valence-corrected chi connectivity index (χ1v) is 10.6. The molecule has 0 aliphatic rings. The minimum Gasteiger partial charge on any atom is -0.291 e. The molecule has 0 aliphatic heterocycles. The fourth-order valence-corrected chi connectivity index (χ4v) is 4.46. The van der Waals surface area contributed by atoms with Gasteiger partial charge in [-0.25, -0.2) is 0 Å². The molecule has 2 atom stereocenters. The monoisotopic (exact) mass is 389 g/mol. The van der Waals surface area contributed by atoms with Gasteiger partial charge < -0.3 is 0 Å². The molecule has 0 unspecified atom stereocenters. The molecule has 28 heavy (non-hydrogen) atoms. The minimum atomic E-state index is 0.0890. The average molecular weight is 390 g/mol. The van der Waals surface area contributed by atoms with Gasteiger partial charge in [0.2, 0.25) is 0 Å². The number of carbonyl (C=O) groups is 1. The van der Waals surface area contributed by atoms with E-state index in [9.17, 15) is 4.79 Å². The highest BCUT2D eigenvalue weighted by Gasteiger charge is 2.27. The number of hydrogen-bond donors (Lipinski definition) is 0. The van der Waals surface area contributed by atoms with Gasteiger partial charge in [0.1, 0.15) is 0 Å². The quantitative estimate of drug-likeness (QED) is 0.464. The lowest BCUT2D eigenvalue weighted by Gasteiger charge is -2.34. The topological polar surface area (TPSA) is 20.3 Å². The third-order valence-corrected chi connectivity index (χ3v) is 6.14. The molecule has 0 radical (unpaired) electrons. The summed E-state index contributed by atoms with van der Waals surface area (Å²) in [7, 11) is 0. The average Bonchev–Trinajstić information content (AvgIpc) is 2.73. The zero-order valence-electron chi connectivity index (χ0n) is 16.5. The van der Waals surface area contributed by atoms with E-state index in [2.05, 4.69) is 84.6 Å². The molecule has 144 valence electrons. The fourth-order valence-electron chi connectivity index (χ4n) is 3.44. The van der Waals surface area contributed by atoms with Gasteiger partial charge >= 0.3 is 0 Å². The first-order valence-electron chi connectivity index (χ1n) is 9.67. The normalized spacial score (nSPS) is 13.2. The zero-order chi connectivity index (χ0) is 19.8. The standard InChI is InChI=1S/C25H27NOS/c1-20(25(28-21(2)27)24-16-10-5-11-17-24)26(18-22-12-6-3-7-13-22)19-23-14-8-4-9-15-23/h3-17,20,25H,18-19H2,1-2H3/t20-,25-/m0/s1. The van der Waals surface area contributed by atoms with Crippen LogP contribution in [0.4, 0.5) is 0 Å². The highest BCUT2D eigenvalue weighted by atomic mass is 32.2. The molecule has 0 bridgehead atoms. The Bertz CT molecular complexity index is 810. The Labute approximate surface area is 172 Å². The molecule has 0 aromatic heterocycles. The molecule has 0 saturated heterocycles. The molecular weight excluding hydrogens is 362 g/mol. The molecule has 0 spiro atoms. The second-order valence-corrected chi connectivity index (χ2v) is 8.38. The highest BCUT2D eigenvalue weighted by Crippen LogP contribution is 2.36. The van der Waals surface area contributed by atoms with E-state index in [4.69, 9.17) is 0 Å². The van der Waals surface area contributed by atoms with Gasteiger partial charge in [0, 0.05) is 26.1 Å². The van der Waals surface area contributed by atoms with E-state index in [0.717, 1.165) is 13.1 Å². The van der Waals surface area contributed by atoms with Gasteiger partial charge in [-0.15, -0.1) is 0 Å². The van der Waals surface area contributed by atoms with Crippen LogP contribution in [0.3, 0.4) is 0 Å². The van der Waals surface area contributed by atoms with Gasteiger partial charge in [-0.05, 0) is 23.6 Å². The lowest BCUT2D eigenvalue weighted by Crippen LogP contribution is -2.36. The van der Waals surface area contributed by atoms with Crippen molar-refractivity contribution in [3.63, 3.8) is 0 Å². The molecule has 0 N–H and O–H groups in total. The van der Waals surface area contributed by atoms with Crippen molar-refractivity contribution in [3.05, 3.63) is 108 Å². The van der Waals surface area contributed by atoms with Crippen LogP contribution in [0.2, 0.25) is 0 Å². The second-order valence-electron chi connectivity index (χ2n) is 7.06. The Balaban J connectivity index is 1.90. The Morgan fingerprint density at radius 2 is 1.21 bits per heavy atom. The van der Waals surface area contributed by atoms with Crippen LogP contribution in [-0.2, 0) is 17.9 Å². The summed E-state index contributed by atoms with van der Waals surface area (Å²) in [5.41, 5.74) is 3.76. The number of carbonyl (C=O) groups excluding carboxylic acids is 1. The summed E-state index contributed by atoms with van der Waals surface area (Å²) in [4.78, 5) is 14.5. The minimum absolute atomic E-state index is 0.0890. The van der Waals surface area contributed by atoms with Crippen LogP contribution in [0, 0.1) is 0 Å². The summed E-state index contributed by atoms with van der Waals surface area (Å²) in [6.07, 6.45) is 0. The van der Waals surface area contributed by atoms with Crippen molar-refractivity contribution in [2.75, 3.05) is 0 Å². The van der Waals surface area contributed by atoms with E-state index in [0.29, 0.717) is 0 Å². The third kappa shape index (κ3) is 5.82. The molecule has 0 aliphatic carbocycles. The maximum Gasteiger partial charge on any atom is 0.186 e. The largest absolute Gasteiger partial charge is 0.291 e. The van der Waals surface area contributed by atoms with E-state index in [1.54, 1.807) is 6.92 Å². The van der Waals surface area contributed by atoms with Gasteiger partial charge in [0.05, 0.1) is 5.25 Å². The summed E-state index contributed by atoms with van der Waals surface area (Å²) in [6, 6.07) is 31.7. The lowest BCUT2D eigenvalue weighted by molar-refractivity contribution is -0.109. The summed E-state index contributed by atoms with van der Waals surface area (Å²) in [6.45, 7) is 5.59. The van der Waals surface area contributed by atoms with Crippen LogP contribution in [0.1, 0.15) is 35.8 Å². The molecule has 0 saturated carbocycles. The van der Waals surface area contributed by atoms with Crippen molar-refractivity contribution < 1.29 is 4.79 Å². The van der Waals surface area contributed by atoms with E-state index in [1.165, 1.54) is 28.5 Å². The third-order valence-electron chi connectivity index (χ3n) is 4.89. The second kappa shape index (κ2) is 10.3. The van der Waals surface area contributed by atoms with E-state index >= 15 is 0 Å². The van der Waals surface area contributed by atoms with Crippen LogP contribution >= 0.6 is 11.8 Å². The molecule has 3 heteroatoms. The summed E-state index contributed by atoms with van der Waals surface area (Å²) < 4.78 is 0. The van der Waals surface area contributed by atoms with Gasteiger partial charge in [-0.3, -0.25) is 9.69 Å². The van der Waals surface area contributed by atoms with E-state index in [-0.39, 0.29) is 16.4 Å². The summed E-state index contributed by atoms with van der Waals surface area (Å²) in [5, 5.41) is 0.242. The highest BCUT2D eigenvalue weighted by molar-refractivity contribution is 8.13. The Hall–Kier alpha value is -2.36. The smallest absolute Gasteiger partial charge is 0.186 e. The number of thioether (sulfide) groups is 1. The Morgan fingerprint density at radius 1 is 0.786 bits per heavy atom. The molecule has 3 aromatic rings. The lowest BCUT2D eigenvalue weighted by atomic mass is 10.0. The van der Waals surface area contributed by atoms with Crippen molar-refractivity contribution >= 4 is 16.9 Å². The van der Waals surface area contributed by atoms with Crippen LogP contribution in [0.5, 0.6) is 0 Å². The molecule has 0 heterocycles. The van der Waals surface area contributed by atoms with Crippen LogP contribution in [0.15, 0.2) is 91.0 Å². The van der Waals surface area contributed by atoms with Gasteiger partial charge in [-0.1, -0.05) is 103 Å². The van der Waals surface area contributed by atoms with Crippen LogP contribution < -0.4 is 0 Å². The Morgan fingerprint density at radius 3 is 1.64 bits per heavy atom. The maximum absolute atomic E-state index is 12.0. The number of benzene rings is 3. The first kappa shape index (κ1) is 20.4. The predicted molar refractivity (Wildman–Crippen MR) is 119 cm³/mol. The van der Waals surface area contributed by atoms with Crippen molar-refractivity contribution in [2.24, 2.45) is 0 Å². The van der Waals surface area contributed by atoms with Crippen molar-refractivity contribution in [2.45, 2.75) is 38.2 Å². The fraction of sp³-hybridized carbons (Fsp3) is 0.240. The van der Waals surface area contributed by atoms with Crippen LogP contribution in [-0.4, -0.2) is 16.1 Å². The van der Waals surface area contributed by atoms with E-state index in [1.807, 2.05) is 18.2 Å². The SMILES string of the molecule is CC(=O)S[C@H](c1ccccc1)[C@H](C)N(Cc1ccccc1)Cc1ccccc1. The molecule has 0 amide bonds. The Kier molecular flexibility index (Phi) is 7.46. The van der Waals surface area contributed by atoms with Gasteiger partial charge in [0.25, 0.3) is 0 Å². The molecule has 3 rings (SSSR count). The van der Waals surface area contributed by atoms with E-state index < -0.39 is 0 Å².